The van der Waals surface area contributed by atoms with Crippen LogP contribution in [-0.4, -0.2) is 0 Å². The molecule has 0 heterocycles. The summed E-state index contributed by atoms with van der Waals surface area (Å²) in [6.45, 7) is 4.52. The fourth-order valence-corrected chi connectivity index (χ4v) is 1.77. The van der Waals surface area contributed by atoms with E-state index in [-0.39, 0.29) is 51.0 Å². The van der Waals surface area contributed by atoms with Gasteiger partial charge in [-0.1, -0.05) is 58.8 Å². The number of hydrogen-bond donors (Lipinski definition) is 0. The number of allylic oxidation sites excluding steroid dienone is 4. The summed E-state index contributed by atoms with van der Waals surface area (Å²) in [5.41, 5.74) is 3.19. The second-order valence-electron chi connectivity index (χ2n) is 3.84. The zero-order valence-electron chi connectivity index (χ0n) is 10.3. The van der Waals surface area contributed by atoms with Gasteiger partial charge < -0.3 is 24.8 Å². The van der Waals surface area contributed by atoms with Crippen LogP contribution in [0.15, 0.2) is 17.2 Å². The first kappa shape index (κ1) is 22.2. The van der Waals surface area contributed by atoms with Crippen LogP contribution in [0.4, 0.5) is 0 Å². The van der Waals surface area contributed by atoms with Crippen LogP contribution in [0, 0.1) is 6.08 Å². The Morgan fingerprint density at radius 1 is 1.06 bits per heavy atom. The number of rotatable bonds is 6. The molecule has 3 heteroatoms. The van der Waals surface area contributed by atoms with Gasteiger partial charge in [0.05, 0.1) is 0 Å². The molecule has 0 saturated heterocycles. The SMILES string of the molecule is CCCCC1=C(CCCC)CC=[C-]1.[Cl-].[Cl-].[Zr+3]. The van der Waals surface area contributed by atoms with E-state index < -0.39 is 0 Å². The predicted molar refractivity (Wildman–Crippen MR) is 58.5 cm³/mol. The molecular weight excluding hydrogens is 318 g/mol. The summed E-state index contributed by atoms with van der Waals surface area (Å²) < 4.78 is 0. The average Bonchev–Trinajstić information content (AvgIpc) is 2.59. The maximum Gasteiger partial charge on any atom is 3.00 e. The van der Waals surface area contributed by atoms with E-state index >= 15 is 0 Å². The van der Waals surface area contributed by atoms with Gasteiger partial charge in [-0.3, -0.25) is 6.08 Å². The standard InChI is InChI=1S/C13H21.2ClH.Zr/c1-3-5-8-12-10-7-11-13(12)9-6-4-2;;;/h7H,3-6,8-10H2,1-2H3;2*1H;/q-1;;;+3/p-2. The van der Waals surface area contributed by atoms with Gasteiger partial charge in [-0.2, -0.15) is 6.08 Å². The molecule has 0 nitrogen and oxygen atoms in total. The molecule has 0 fully saturated rings. The molecule has 0 bridgehead atoms. The molecule has 0 amide bonds. The van der Waals surface area contributed by atoms with Gasteiger partial charge in [0.25, 0.3) is 0 Å². The molecule has 1 rings (SSSR count). The van der Waals surface area contributed by atoms with Crippen molar-refractivity contribution in [2.24, 2.45) is 0 Å². The molecule has 16 heavy (non-hydrogen) atoms. The van der Waals surface area contributed by atoms with Crippen LogP contribution >= 0.6 is 0 Å². The molecule has 0 aliphatic heterocycles. The molecular formula is C13H21Cl2Zr. The number of hydrogen-bond acceptors (Lipinski definition) is 0. The van der Waals surface area contributed by atoms with Crippen LogP contribution < -0.4 is 24.8 Å². The molecule has 0 saturated carbocycles. The summed E-state index contributed by atoms with van der Waals surface area (Å²) in [6, 6.07) is 0. The monoisotopic (exact) mass is 337 g/mol. The van der Waals surface area contributed by atoms with Gasteiger partial charge in [0.2, 0.25) is 0 Å². The first-order chi connectivity index (χ1) is 6.38. The van der Waals surface area contributed by atoms with Crippen molar-refractivity contribution in [2.75, 3.05) is 0 Å². The molecule has 1 aliphatic carbocycles. The molecule has 0 atom stereocenters. The second-order valence-corrected chi connectivity index (χ2v) is 3.84. The van der Waals surface area contributed by atoms with Crippen molar-refractivity contribution >= 4 is 0 Å². The Labute approximate surface area is 132 Å². The smallest absolute Gasteiger partial charge is 1.00 e. The minimum absolute atomic E-state index is 0. The zero-order chi connectivity index (χ0) is 9.52. The first-order valence-electron chi connectivity index (χ1n) is 5.67. The van der Waals surface area contributed by atoms with Crippen molar-refractivity contribution in [3.05, 3.63) is 23.3 Å². The molecule has 0 N–H and O–H groups in total. The minimum Gasteiger partial charge on any atom is -1.00 e. The van der Waals surface area contributed by atoms with Crippen LogP contribution in [0.1, 0.15) is 58.8 Å². The van der Waals surface area contributed by atoms with Gasteiger partial charge in [-0.15, -0.1) is 0 Å². The van der Waals surface area contributed by atoms with E-state index in [2.05, 4.69) is 26.0 Å². The van der Waals surface area contributed by atoms with E-state index in [0.717, 1.165) is 0 Å². The molecule has 1 radical (unpaired) electrons. The van der Waals surface area contributed by atoms with Gasteiger partial charge in [-0.25, -0.2) is 11.1 Å². The summed E-state index contributed by atoms with van der Waals surface area (Å²) >= 11 is 0. The summed E-state index contributed by atoms with van der Waals surface area (Å²) in [4.78, 5) is 0. The average molecular weight is 339 g/mol. The third-order valence-electron chi connectivity index (χ3n) is 2.66. The van der Waals surface area contributed by atoms with E-state index in [1.165, 1.54) is 50.5 Å². The van der Waals surface area contributed by atoms with E-state index in [0.29, 0.717) is 0 Å². The van der Waals surface area contributed by atoms with Crippen LogP contribution in [0.3, 0.4) is 0 Å². The molecule has 0 aromatic heterocycles. The van der Waals surface area contributed by atoms with Crippen LogP contribution in [0.5, 0.6) is 0 Å². The van der Waals surface area contributed by atoms with Crippen molar-refractivity contribution < 1.29 is 51.0 Å². The predicted octanol–water partition coefficient (Wildman–Crippen LogP) is -1.57. The van der Waals surface area contributed by atoms with Gasteiger partial charge in [-0.05, 0) is 0 Å². The summed E-state index contributed by atoms with van der Waals surface area (Å²) in [5.74, 6) is 0. The molecule has 0 aromatic carbocycles. The number of halogens is 2. The normalized spacial score (nSPS) is 12.9. The second kappa shape index (κ2) is 14.0. The van der Waals surface area contributed by atoms with Crippen LogP contribution in [-0.2, 0) is 26.2 Å². The maximum atomic E-state index is 3.41. The zero-order valence-corrected chi connectivity index (χ0v) is 14.3. The summed E-state index contributed by atoms with van der Waals surface area (Å²) in [6.07, 6.45) is 14.6. The third-order valence-corrected chi connectivity index (χ3v) is 2.66. The largest absolute Gasteiger partial charge is 3.00 e. The Morgan fingerprint density at radius 2 is 1.62 bits per heavy atom. The van der Waals surface area contributed by atoms with Crippen molar-refractivity contribution in [1.29, 1.82) is 0 Å². The molecule has 91 valence electrons. The quantitative estimate of drug-likeness (QED) is 0.513. The molecule has 0 spiro atoms. The molecule has 0 aromatic rings. The Morgan fingerprint density at radius 3 is 2.19 bits per heavy atom. The van der Waals surface area contributed by atoms with Crippen LogP contribution in [0.2, 0.25) is 0 Å². The topological polar surface area (TPSA) is 0 Å². The van der Waals surface area contributed by atoms with E-state index in [9.17, 15) is 0 Å². The molecule has 0 unspecified atom stereocenters. The first-order valence-corrected chi connectivity index (χ1v) is 5.67. The summed E-state index contributed by atoms with van der Waals surface area (Å²) in [5, 5.41) is 0. The van der Waals surface area contributed by atoms with Crippen LogP contribution in [0.25, 0.3) is 0 Å². The van der Waals surface area contributed by atoms with Gasteiger partial charge in [0, 0.05) is 0 Å². The van der Waals surface area contributed by atoms with Crippen molar-refractivity contribution in [2.45, 2.75) is 58.8 Å². The van der Waals surface area contributed by atoms with Crippen molar-refractivity contribution in [3.63, 3.8) is 0 Å². The Hall–Kier alpha value is 0.943. The molecule has 1 aliphatic rings. The van der Waals surface area contributed by atoms with Crippen molar-refractivity contribution in [1.82, 2.24) is 0 Å². The fourth-order valence-electron chi connectivity index (χ4n) is 1.77. The van der Waals surface area contributed by atoms with Crippen molar-refractivity contribution in [3.8, 4) is 0 Å². The minimum atomic E-state index is 0. The fraction of sp³-hybridized carbons (Fsp3) is 0.692. The maximum absolute atomic E-state index is 3.41. The van der Waals surface area contributed by atoms with E-state index in [1.54, 1.807) is 5.57 Å². The number of unbranched alkanes of at least 4 members (excludes halogenated alkanes) is 2. The van der Waals surface area contributed by atoms with E-state index in [1.807, 2.05) is 0 Å². The summed E-state index contributed by atoms with van der Waals surface area (Å²) in [7, 11) is 0. The van der Waals surface area contributed by atoms with Gasteiger partial charge >= 0.3 is 26.2 Å². The Balaban J connectivity index is -0.000000563. The Kier molecular flexibility index (Phi) is 19.4. The van der Waals surface area contributed by atoms with Gasteiger partial charge in [0.15, 0.2) is 0 Å². The van der Waals surface area contributed by atoms with E-state index in [4.69, 9.17) is 0 Å². The van der Waals surface area contributed by atoms with Gasteiger partial charge in [0.1, 0.15) is 0 Å². The Bertz CT molecular complexity index is 210. The third kappa shape index (κ3) is 8.10.